The lowest BCUT2D eigenvalue weighted by Gasteiger charge is -2.33. The van der Waals surface area contributed by atoms with Crippen molar-refractivity contribution in [2.24, 2.45) is 0 Å². The van der Waals surface area contributed by atoms with E-state index in [9.17, 15) is 18.0 Å². The van der Waals surface area contributed by atoms with Gasteiger partial charge in [-0.15, -0.1) is 0 Å². The molecular weight excluding hydrogens is 550 g/mol. The van der Waals surface area contributed by atoms with E-state index in [1.807, 2.05) is 19.9 Å². The van der Waals surface area contributed by atoms with Crippen molar-refractivity contribution in [1.82, 2.24) is 10.2 Å². The van der Waals surface area contributed by atoms with Gasteiger partial charge in [-0.3, -0.25) is 13.9 Å². The maximum Gasteiger partial charge on any atom is 0.264 e. The van der Waals surface area contributed by atoms with Crippen molar-refractivity contribution in [2.75, 3.05) is 18.0 Å². The third-order valence-corrected chi connectivity index (χ3v) is 8.71. The highest BCUT2D eigenvalue weighted by Crippen LogP contribution is 2.30. The fourth-order valence-electron chi connectivity index (χ4n) is 4.10. The molecule has 3 aromatic rings. The van der Waals surface area contributed by atoms with E-state index in [1.165, 1.54) is 23.1 Å². The highest BCUT2D eigenvalue weighted by atomic mass is 35.5. The first-order valence-corrected chi connectivity index (χ1v) is 14.9. The van der Waals surface area contributed by atoms with Crippen molar-refractivity contribution in [3.8, 4) is 5.75 Å². The summed E-state index contributed by atoms with van der Waals surface area (Å²) in [6, 6.07) is 19.0. The minimum absolute atomic E-state index is 0.0316. The van der Waals surface area contributed by atoms with E-state index in [0.29, 0.717) is 16.3 Å². The van der Waals surface area contributed by atoms with Crippen LogP contribution in [0.15, 0.2) is 77.7 Å². The Kier molecular flexibility index (Phi) is 10.6. The number of halogens is 1. The lowest BCUT2D eigenvalue weighted by atomic mass is 10.1. The van der Waals surface area contributed by atoms with Crippen LogP contribution in [-0.4, -0.2) is 50.9 Å². The third-order valence-electron chi connectivity index (χ3n) is 6.71. The van der Waals surface area contributed by atoms with Gasteiger partial charge in [0.05, 0.1) is 17.7 Å². The van der Waals surface area contributed by atoms with Crippen LogP contribution in [0, 0.1) is 6.92 Å². The largest absolute Gasteiger partial charge is 0.497 e. The number of ether oxygens (including phenoxy) is 1. The molecule has 0 radical (unpaired) electrons. The highest BCUT2D eigenvalue weighted by Gasteiger charge is 2.33. The summed E-state index contributed by atoms with van der Waals surface area (Å²) in [6.45, 7) is 6.75. The Labute approximate surface area is 241 Å². The predicted molar refractivity (Wildman–Crippen MR) is 158 cm³/mol. The van der Waals surface area contributed by atoms with Gasteiger partial charge in [0, 0.05) is 17.6 Å². The van der Waals surface area contributed by atoms with Gasteiger partial charge in [0.15, 0.2) is 0 Å². The first-order chi connectivity index (χ1) is 19.0. The number of amides is 2. The maximum absolute atomic E-state index is 14.0. The molecule has 2 amide bonds. The summed E-state index contributed by atoms with van der Waals surface area (Å²) >= 11 is 6.26. The molecule has 3 aromatic carbocycles. The van der Waals surface area contributed by atoms with E-state index in [1.54, 1.807) is 69.5 Å². The zero-order chi connectivity index (χ0) is 29.4. The number of aryl methyl sites for hydroxylation is 1. The van der Waals surface area contributed by atoms with Gasteiger partial charge in [0.1, 0.15) is 18.3 Å². The van der Waals surface area contributed by atoms with Gasteiger partial charge in [0.2, 0.25) is 11.8 Å². The molecule has 0 aliphatic carbocycles. The molecule has 0 saturated heterocycles. The Morgan fingerprint density at radius 1 is 1.00 bits per heavy atom. The number of carbonyl (C=O) groups is 2. The summed E-state index contributed by atoms with van der Waals surface area (Å²) in [5, 5.41) is 3.25. The van der Waals surface area contributed by atoms with Gasteiger partial charge in [-0.2, -0.15) is 0 Å². The van der Waals surface area contributed by atoms with Crippen LogP contribution in [0.25, 0.3) is 0 Å². The van der Waals surface area contributed by atoms with E-state index in [-0.39, 0.29) is 29.1 Å². The van der Waals surface area contributed by atoms with Crippen molar-refractivity contribution in [1.29, 1.82) is 0 Å². The van der Waals surface area contributed by atoms with Crippen molar-refractivity contribution < 1.29 is 22.7 Å². The normalized spacial score (nSPS) is 12.8. The van der Waals surface area contributed by atoms with Crippen molar-refractivity contribution >= 4 is 39.1 Å². The number of methoxy groups -OCH3 is 1. The van der Waals surface area contributed by atoms with Crippen LogP contribution in [0.2, 0.25) is 5.02 Å². The van der Waals surface area contributed by atoms with Crippen LogP contribution >= 0.6 is 11.6 Å². The minimum Gasteiger partial charge on any atom is -0.497 e. The smallest absolute Gasteiger partial charge is 0.264 e. The maximum atomic E-state index is 14.0. The average Bonchev–Trinajstić information content (AvgIpc) is 2.95. The quantitative estimate of drug-likeness (QED) is 0.316. The Balaban J connectivity index is 2.06. The van der Waals surface area contributed by atoms with E-state index in [4.69, 9.17) is 16.3 Å². The zero-order valence-corrected chi connectivity index (χ0v) is 25.0. The van der Waals surface area contributed by atoms with Crippen molar-refractivity contribution in [2.45, 2.75) is 57.6 Å². The summed E-state index contributed by atoms with van der Waals surface area (Å²) in [4.78, 5) is 28.6. The first-order valence-electron chi connectivity index (χ1n) is 13.0. The number of anilines is 1. The Hall–Kier alpha value is -3.56. The summed E-state index contributed by atoms with van der Waals surface area (Å²) in [7, 11) is -2.62. The number of nitrogens with zero attached hydrogens (tertiary/aromatic N) is 2. The molecule has 0 bridgehead atoms. The summed E-state index contributed by atoms with van der Waals surface area (Å²) in [5.41, 5.74) is 1.63. The monoisotopic (exact) mass is 585 g/mol. The molecule has 2 atom stereocenters. The second kappa shape index (κ2) is 13.7. The summed E-state index contributed by atoms with van der Waals surface area (Å²) in [6.07, 6.45) is 0.722. The molecule has 1 N–H and O–H groups in total. The van der Waals surface area contributed by atoms with E-state index < -0.39 is 28.5 Å². The number of hydrogen-bond acceptors (Lipinski definition) is 5. The van der Waals surface area contributed by atoms with Crippen LogP contribution in [0.5, 0.6) is 5.75 Å². The molecule has 0 saturated carbocycles. The number of rotatable bonds is 12. The van der Waals surface area contributed by atoms with Gasteiger partial charge in [-0.1, -0.05) is 54.9 Å². The number of nitrogens with one attached hydrogen (secondary N) is 1. The average molecular weight is 586 g/mol. The molecule has 0 spiro atoms. The molecule has 214 valence electrons. The van der Waals surface area contributed by atoms with Crippen molar-refractivity contribution in [3.63, 3.8) is 0 Å². The fraction of sp³-hybridized carbons (Fsp3) is 0.333. The molecule has 3 rings (SSSR count). The lowest BCUT2D eigenvalue weighted by molar-refractivity contribution is -0.139. The van der Waals surface area contributed by atoms with Crippen LogP contribution in [-0.2, 0) is 26.2 Å². The van der Waals surface area contributed by atoms with E-state index in [2.05, 4.69) is 5.32 Å². The predicted octanol–water partition coefficient (Wildman–Crippen LogP) is 5.18. The van der Waals surface area contributed by atoms with Gasteiger partial charge in [0.25, 0.3) is 10.0 Å². The highest BCUT2D eigenvalue weighted by molar-refractivity contribution is 7.92. The lowest BCUT2D eigenvalue weighted by Crippen LogP contribution is -2.52. The van der Waals surface area contributed by atoms with Crippen LogP contribution in [0.4, 0.5) is 5.69 Å². The van der Waals surface area contributed by atoms with Crippen LogP contribution in [0.3, 0.4) is 0 Å². The molecular formula is C30H36ClN3O5S. The summed E-state index contributed by atoms with van der Waals surface area (Å²) < 4.78 is 34.2. The number of benzene rings is 3. The standard InChI is InChI=1S/C30H36ClN3O5S/c1-6-22(3)32-30(36)23(4)33(19-24-11-10-12-26(17-24)39-5)29(35)20-34(28-18-25(31)16-15-21(28)2)40(37,38)27-13-8-7-9-14-27/h7-18,22-23H,6,19-20H2,1-5H3,(H,32,36). The molecule has 40 heavy (non-hydrogen) atoms. The van der Waals surface area contributed by atoms with E-state index >= 15 is 0 Å². The van der Waals surface area contributed by atoms with Gasteiger partial charge in [-0.05, 0) is 74.7 Å². The molecule has 8 nitrogen and oxygen atoms in total. The summed E-state index contributed by atoms with van der Waals surface area (Å²) in [5.74, 6) is -0.278. The molecule has 2 unspecified atom stereocenters. The Bertz CT molecular complexity index is 1430. The molecule has 0 fully saturated rings. The van der Waals surface area contributed by atoms with Crippen molar-refractivity contribution in [3.05, 3.63) is 88.9 Å². The fourth-order valence-corrected chi connectivity index (χ4v) is 5.76. The number of carbonyl (C=O) groups excluding carboxylic acids is 2. The van der Waals surface area contributed by atoms with Crippen LogP contribution in [0.1, 0.15) is 38.3 Å². The van der Waals surface area contributed by atoms with E-state index in [0.717, 1.165) is 16.3 Å². The first kappa shape index (κ1) is 31.0. The molecule has 0 aliphatic rings. The number of hydrogen-bond donors (Lipinski definition) is 1. The minimum atomic E-state index is -4.17. The molecule has 0 aromatic heterocycles. The Morgan fingerprint density at radius 3 is 2.35 bits per heavy atom. The van der Waals surface area contributed by atoms with Crippen LogP contribution < -0.4 is 14.4 Å². The second-order valence-corrected chi connectivity index (χ2v) is 11.9. The number of sulfonamides is 1. The molecule has 0 aliphatic heterocycles. The topological polar surface area (TPSA) is 96.0 Å². The molecule has 10 heteroatoms. The second-order valence-electron chi connectivity index (χ2n) is 9.62. The SMILES string of the molecule is CCC(C)NC(=O)C(C)N(Cc1cccc(OC)c1)C(=O)CN(c1cc(Cl)ccc1C)S(=O)(=O)c1ccccc1. The van der Waals surface area contributed by atoms with Gasteiger partial charge in [-0.25, -0.2) is 8.42 Å². The van der Waals surface area contributed by atoms with Gasteiger partial charge >= 0.3 is 0 Å². The molecule has 0 heterocycles. The zero-order valence-electron chi connectivity index (χ0n) is 23.4. The van der Waals surface area contributed by atoms with Gasteiger partial charge < -0.3 is 15.0 Å². The third kappa shape index (κ3) is 7.55. The Morgan fingerprint density at radius 2 is 1.70 bits per heavy atom.